The van der Waals surface area contributed by atoms with Crippen molar-refractivity contribution in [3.63, 3.8) is 0 Å². The summed E-state index contributed by atoms with van der Waals surface area (Å²) in [5.74, 6) is -1.98. The summed E-state index contributed by atoms with van der Waals surface area (Å²) in [4.78, 5) is 25.1. The lowest BCUT2D eigenvalue weighted by atomic mass is 9.95. The number of hydrogen-bond acceptors (Lipinski definition) is 5. The zero-order valence-electron chi connectivity index (χ0n) is 17.4. The van der Waals surface area contributed by atoms with Crippen LogP contribution in [0.2, 0.25) is 0 Å². The fraction of sp³-hybridized carbons (Fsp3) is 0.273. The van der Waals surface area contributed by atoms with E-state index < -0.39 is 39.4 Å². The highest BCUT2D eigenvalue weighted by molar-refractivity contribution is 7.91. The Morgan fingerprint density at radius 2 is 1.87 bits per heavy atom. The minimum Gasteiger partial charge on any atom is -0.463 e. The molecule has 1 heterocycles. The van der Waals surface area contributed by atoms with Gasteiger partial charge in [0.25, 0.3) is 0 Å². The summed E-state index contributed by atoms with van der Waals surface area (Å²) >= 11 is 0. The topological polar surface area (TPSA) is 102 Å². The van der Waals surface area contributed by atoms with E-state index in [2.05, 4.69) is 10.6 Å². The first kappa shape index (κ1) is 22.5. The Balaban J connectivity index is 2.11. The zero-order chi connectivity index (χ0) is 22.8. The molecule has 2 amide bonds. The molecule has 1 aliphatic rings. The summed E-state index contributed by atoms with van der Waals surface area (Å²) < 4.78 is 45.1. The third-order valence-electron chi connectivity index (χ3n) is 5.00. The van der Waals surface area contributed by atoms with Gasteiger partial charge < -0.3 is 15.4 Å². The van der Waals surface area contributed by atoms with Gasteiger partial charge in [0.2, 0.25) is 0 Å². The number of esters is 1. The molecule has 3 rings (SSSR count). The van der Waals surface area contributed by atoms with Crippen molar-refractivity contribution in [2.24, 2.45) is 0 Å². The third-order valence-corrected chi connectivity index (χ3v) is 6.64. The second kappa shape index (κ2) is 8.89. The molecule has 0 fully saturated rings. The molecule has 2 N–H and O–H groups in total. The standard InChI is InChI=1S/C22H23FN2O5S/c1-4-30-21(26)19-18(12-31(28,29)17-9-8-13(2)14(3)10-17)24-22(27)25-20(19)15-6-5-7-16(23)11-15/h5-11,20H,4,12H2,1-3H3,(H2,24,25,27)/t20-/m1/s1. The van der Waals surface area contributed by atoms with Crippen molar-refractivity contribution < 1.29 is 27.1 Å². The second-order valence-electron chi connectivity index (χ2n) is 7.20. The first-order valence-electron chi connectivity index (χ1n) is 9.65. The maximum atomic E-state index is 13.8. The molecule has 1 atom stereocenters. The van der Waals surface area contributed by atoms with Gasteiger partial charge in [0, 0.05) is 5.70 Å². The van der Waals surface area contributed by atoms with Gasteiger partial charge in [-0.3, -0.25) is 0 Å². The Kier molecular flexibility index (Phi) is 6.45. The number of hydrogen-bond donors (Lipinski definition) is 2. The lowest BCUT2D eigenvalue weighted by Crippen LogP contribution is -2.47. The molecule has 1 aliphatic heterocycles. The van der Waals surface area contributed by atoms with Crippen molar-refractivity contribution in [1.29, 1.82) is 0 Å². The fourth-order valence-electron chi connectivity index (χ4n) is 3.30. The van der Waals surface area contributed by atoms with Crippen molar-refractivity contribution in [3.05, 3.63) is 76.2 Å². The Hall–Kier alpha value is -3.20. The average Bonchev–Trinajstić information content (AvgIpc) is 2.69. The Morgan fingerprint density at radius 1 is 1.13 bits per heavy atom. The largest absolute Gasteiger partial charge is 0.463 e. The number of amides is 2. The number of benzene rings is 2. The molecule has 31 heavy (non-hydrogen) atoms. The smallest absolute Gasteiger partial charge is 0.338 e. The van der Waals surface area contributed by atoms with E-state index in [4.69, 9.17) is 4.74 Å². The van der Waals surface area contributed by atoms with Gasteiger partial charge in [0.1, 0.15) is 5.82 Å². The highest BCUT2D eigenvalue weighted by Crippen LogP contribution is 2.30. The maximum Gasteiger partial charge on any atom is 0.338 e. The van der Waals surface area contributed by atoms with E-state index in [-0.39, 0.29) is 22.8 Å². The Labute approximate surface area is 180 Å². The number of carbonyl (C=O) groups excluding carboxylic acids is 2. The molecule has 0 aliphatic carbocycles. The summed E-state index contributed by atoms with van der Waals surface area (Å²) in [6, 6.07) is 8.33. The van der Waals surface area contributed by atoms with Crippen LogP contribution in [0.1, 0.15) is 29.7 Å². The number of rotatable bonds is 6. The Morgan fingerprint density at radius 3 is 2.52 bits per heavy atom. The predicted octanol–water partition coefficient (Wildman–Crippen LogP) is 3.09. The van der Waals surface area contributed by atoms with Crippen LogP contribution in [0.25, 0.3) is 0 Å². The van der Waals surface area contributed by atoms with Crippen molar-refractivity contribution in [3.8, 4) is 0 Å². The van der Waals surface area contributed by atoms with Crippen molar-refractivity contribution in [1.82, 2.24) is 10.6 Å². The minimum atomic E-state index is -3.90. The number of nitrogens with one attached hydrogen (secondary N) is 2. The van der Waals surface area contributed by atoms with E-state index in [1.165, 1.54) is 30.3 Å². The summed E-state index contributed by atoms with van der Waals surface area (Å²) in [6.07, 6.45) is 0. The van der Waals surface area contributed by atoms with Gasteiger partial charge in [-0.05, 0) is 61.7 Å². The molecule has 2 aromatic rings. The molecule has 0 bridgehead atoms. The number of urea groups is 1. The molecule has 7 nitrogen and oxygen atoms in total. The summed E-state index contributed by atoms with van der Waals surface area (Å²) in [5.41, 5.74) is 1.84. The summed E-state index contributed by atoms with van der Waals surface area (Å²) in [7, 11) is -3.90. The Bertz CT molecular complexity index is 1170. The van der Waals surface area contributed by atoms with Gasteiger partial charge in [-0.2, -0.15) is 0 Å². The van der Waals surface area contributed by atoms with Gasteiger partial charge in [0.15, 0.2) is 9.84 Å². The molecule has 2 aromatic carbocycles. The van der Waals surface area contributed by atoms with E-state index in [0.717, 1.165) is 11.1 Å². The first-order chi connectivity index (χ1) is 14.6. The lowest BCUT2D eigenvalue weighted by molar-refractivity contribution is -0.139. The second-order valence-corrected chi connectivity index (χ2v) is 9.19. The van der Waals surface area contributed by atoms with Gasteiger partial charge in [0.05, 0.1) is 28.9 Å². The molecule has 0 aromatic heterocycles. The van der Waals surface area contributed by atoms with Gasteiger partial charge in [-0.1, -0.05) is 18.2 Å². The predicted molar refractivity (Wildman–Crippen MR) is 112 cm³/mol. The van der Waals surface area contributed by atoms with Crippen molar-refractivity contribution >= 4 is 21.8 Å². The van der Waals surface area contributed by atoms with Crippen LogP contribution in [-0.2, 0) is 19.4 Å². The number of halogens is 1. The van der Waals surface area contributed by atoms with Crippen molar-refractivity contribution in [2.45, 2.75) is 31.7 Å². The number of sulfone groups is 1. The van der Waals surface area contributed by atoms with Crippen molar-refractivity contribution in [2.75, 3.05) is 12.4 Å². The molecular formula is C22H23FN2O5S. The molecule has 164 valence electrons. The molecule has 0 radical (unpaired) electrons. The first-order valence-corrected chi connectivity index (χ1v) is 11.3. The highest BCUT2D eigenvalue weighted by Gasteiger charge is 2.36. The van der Waals surface area contributed by atoms with Crippen LogP contribution in [0.4, 0.5) is 9.18 Å². The number of aryl methyl sites for hydroxylation is 2. The average molecular weight is 447 g/mol. The highest BCUT2D eigenvalue weighted by atomic mass is 32.2. The van der Waals surface area contributed by atoms with Crippen LogP contribution < -0.4 is 10.6 Å². The molecule has 0 unspecified atom stereocenters. The van der Waals surface area contributed by atoms with Crippen LogP contribution in [0.5, 0.6) is 0 Å². The molecule has 0 spiro atoms. The summed E-state index contributed by atoms with van der Waals surface area (Å²) in [5, 5.41) is 4.98. The number of ether oxygens (including phenoxy) is 1. The quantitative estimate of drug-likeness (QED) is 0.664. The van der Waals surface area contributed by atoms with E-state index in [1.54, 1.807) is 26.0 Å². The van der Waals surface area contributed by atoms with Gasteiger partial charge >= 0.3 is 12.0 Å². The van der Waals surface area contributed by atoms with Crippen LogP contribution in [0.3, 0.4) is 0 Å². The maximum absolute atomic E-state index is 13.8. The SMILES string of the molecule is CCOC(=O)C1=C(CS(=O)(=O)c2ccc(C)c(C)c2)NC(=O)N[C@@H]1c1cccc(F)c1. The van der Waals surface area contributed by atoms with Crippen LogP contribution >= 0.6 is 0 Å². The third kappa shape index (κ3) is 4.93. The van der Waals surface area contributed by atoms with E-state index in [1.807, 2.05) is 6.92 Å². The molecule has 0 saturated carbocycles. The van der Waals surface area contributed by atoms with Crippen LogP contribution in [0.15, 0.2) is 58.6 Å². The van der Waals surface area contributed by atoms with E-state index in [0.29, 0.717) is 5.56 Å². The number of carbonyl (C=O) groups is 2. The monoisotopic (exact) mass is 446 g/mol. The van der Waals surface area contributed by atoms with Crippen LogP contribution in [-0.4, -0.2) is 32.8 Å². The normalized spacial score (nSPS) is 16.5. The minimum absolute atomic E-state index is 0.0450. The lowest BCUT2D eigenvalue weighted by Gasteiger charge is -2.29. The van der Waals surface area contributed by atoms with E-state index in [9.17, 15) is 22.4 Å². The fourth-order valence-corrected chi connectivity index (χ4v) is 4.70. The van der Waals surface area contributed by atoms with Gasteiger partial charge in [-0.15, -0.1) is 0 Å². The zero-order valence-corrected chi connectivity index (χ0v) is 18.2. The molecule has 0 saturated heterocycles. The molecular weight excluding hydrogens is 423 g/mol. The van der Waals surface area contributed by atoms with Gasteiger partial charge in [-0.25, -0.2) is 22.4 Å². The van der Waals surface area contributed by atoms with E-state index >= 15 is 0 Å². The molecule has 9 heteroatoms. The van der Waals surface area contributed by atoms with Crippen LogP contribution in [0, 0.1) is 19.7 Å². The summed E-state index contributed by atoms with van der Waals surface area (Å²) in [6.45, 7) is 5.31.